The number of nitrogens with one attached hydrogen (secondary N) is 1. The molecular weight excluding hydrogens is 488 g/mol. The number of benzene rings is 2. The molecule has 2 aromatic carbocycles. The summed E-state index contributed by atoms with van der Waals surface area (Å²) in [6.07, 6.45) is 3.09. The van der Waals surface area contributed by atoms with Gasteiger partial charge in [0.2, 0.25) is 14.2 Å². The molecule has 10 heteroatoms. The zero-order chi connectivity index (χ0) is 24.6. The van der Waals surface area contributed by atoms with Crippen LogP contribution in [-0.4, -0.2) is 42.6 Å². The molecule has 2 N–H and O–H groups in total. The zero-order valence-electron chi connectivity index (χ0n) is 19.2. The van der Waals surface area contributed by atoms with Crippen molar-refractivity contribution in [3.63, 3.8) is 0 Å². The molecule has 1 aliphatic heterocycles. The summed E-state index contributed by atoms with van der Waals surface area (Å²) in [5.74, 6) is -0.425. The van der Waals surface area contributed by atoms with Crippen molar-refractivity contribution in [3.8, 4) is 5.75 Å². The van der Waals surface area contributed by atoms with Gasteiger partial charge >= 0.3 is 5.97 Å². The summed E-state index contributed by atoms with van der Waals surface area (Å²) in [4.78, 5) is 15.3. The van der Waals surface area contributed by atoms with Crippen molar-refractivity contribution in [1.82, 2.24) is 4.98 Å². The Morgan fingerprint density at radius 3 is 2.57 bits per heavy atom. The number of carbonyl (C=O) groups is 1. The Hall–Kier alpha value is -2.95. The predicted octanol–water partition coefficient (Wildman–Crippen LogP) is 4.22. The van der Waals surface area contributed by atoms with E-state index in [9.17, 15) is 13.2 Å². The van der Waals surface area contributed by atoms with Crippen LogP contribution < -0.4 is 10.1 Å². The zero-order valence-corrected chi connectivity index (χ0v) is 20.8. The summed E-state index contributed by atoms with van der Waals surface area (Å²) in [7, 11) is -3.79. The van der Waals surface area contributed by atoms with Gasteiger partial charge in [-0.3, -0.25) is 0 Å². The summed E-state index contributed by atoms with van der Waals surface area (Å²) < 4.78 is 38.9. The third-order valence-corrected chi connectivity index (χ3v) is 9.74. The molecule has 1 aliphatic carbocycles. The fourth-order valence-corrected chi connectivity index (χ4v) is 7.22. The number of nitrogens with zero attached hydrogens (tertiary/aromatic N) is 1. The molecule has 35 heavy (non-hydrogen) atoms. The topological polar surface area (TPSA) is 115 Å². The molecule has 8 nitrogen and oxygen atoms in total. The number of rotatable bonds is 9. The number of aryl methyl sites for hydroxylation is 3. The first-order valence-corrected chi connectivity index (χ1v) is 13.9. The minimum absolute atomic E-state index is 0.0742. The Bertz CT molecular complexity index is 1350. The molecule has 2 aliphatic rings. The van der Waals surface area contributed by atoms with Crippen molar-refractivity contribution in [2.75, 3.05) is 11.9 Å². The highest BCUT2D eigenvalue weighted by molar-refractivity contribution is 7.94. The number of carboxylic acid groups (broad SMARTS) is 1. The van der Waals surface area contributed by atoms with Gasteiger partial charge in [-0.1, -0.05) is 12.1 Å². The second-order valence-electron chi connectivity index (χ2n) is 8.82. The lowest BCUT2D eigenvalue weighted by atomic mass is 10.1. The van der Waals surface area contributed by atoms with E-state index in [0.29, 0.717) is 30.2 Å². The molecule has 1 saturated heterocycles. The molecular formula is C25H26N2O6S2. The van der Waals surface area contributed by atoms with E-state index in [0.717, 1.165) is 36.2 Å². The molecule has 0 saturated carbocycles. The van der Waals surface area contributed by atoms with Gasteiger partial charge in [0.05, 0.1) is 17.4 Å². The largest absolute Gasteiger partial charge is 0.487 e. The van der Waals surface area contributed by atoms with E-state index in [4.69, 9.17) is 14.6 Å². The summed E-state index contributed by atoms with van der Waals surface area (Å²) in [6.45, 7) is 2.51. The molecule has 0 radical (unpaired) electrons. The minimum atomic E-state index is -3.79. The number of thiazole rings is 1. The van der Waals surface area contributed by atoms with Crippen molar-refractivity contribution < 1.29 is 27.8 Å². The van der Waals surface area contributed by atoms with Crippen LogP contribution in [0, 0.1) is 6.92 Å². The molecule has 0 spiro atoms. The number of anilines is 1. The van der Waals surface area contributed by atoms with Gasteiger partial charge in [0.25, 0.3) is 0 Å². The average molecular weight is 515 g/mol. The van der Waals surface area contributed by atoms with Crippen molar-refractivity contribution in [3.05, 3.63) is 69.7 Å². The van der Waals surface area contributed by atoms with Crippen LogP contribution in [-0.2, 0) is 34.0 Å². The number of fused-ring (bicyclic) bond motifs is 1. The summed E-state index contributed by atoms with van der Waals surface area (Å²) in [6, 6.07) is 10.5. The fraction of sp³-hybridized carbons (Fsp3) is 0.360. The van der Waals surface area contributed by atoms with Crippen molar-refractivity contribution in [2.45, 2.75) is 55.0 Å². The lowest BCUT2D eigenvalue weighted by Gasteiger charge is -2.34. The maximum absolute atomic E-state index is 13.5. The number of ether oxygens (including phenoxy) is 2. The highest BCUT2D eigenvalue weighted by atomic mass is 32.2. The number of aromatic nitrogens is 1. The smallest absolute Gasteiger partial charge is 0.335 e. The van der Waals surface area contributed by atoms with Crippen LogP contribution >= 0.6 is 11.3 Å². The number of sulfone groups is 1. The normalized spacial score (nSPS) is 17.9. The van der Waals surface area contributed by atoms with Crippen LogP contribution in [0.25, 0.3) is 0 Å². The van der Waals surface area contributed by atoms with Gasteiger partial charge in [0.1, 0.15) is 12.4 Å². The molecule has 2 atom stereocenters. The van der Waals surface area contributed by atoms with Crippen LogP contribution in [0.4, 0.5) is 5.69 Å². The molecule has 1 aromatic heterocycles. The number of carboxylic acids is 1. The quantitative estimate of drug-likeness (QED) is 0.436. The van der Waals surface area contributed by atoms with Crippen LogP contribution in [0.1, 0.15) is 45.6 Å². The van der Waals surface area contributed by atoms with E-state index in [-0.39, 0.29) is 16.5 Å². The molecule has 1 fully saturated rings. The van der Waals surface area contributed by atoms with Crippen LogP contribution in [0.2, 0.25) is 0 Å². The van der Waals surface area contributed by atoms with Gasteiger partial charge in [-0.15, -0.1) is 11.3 Å². The lowest BCUT2D eigenvalue weighted by molar-refractivity contribution is -0.0480. The Balaban J connectivity index is 1.44. The predicted molar refractivity (Wildman–Crippen MR) is 132 cm³/mol. The SMILES string of the molecule is Cc1csc(S(=O)(=O)C(Nc2cc3c(cc2OCc2ccc(C(=O)O)cc2)CCC3)C2CCO2)n1. The highest BCUT2D eigenvalue weighted by Crippen LogP contribution is 2.37. The first-order chi connectivity index (χ1) is 16.8. The van der Waals surface area contributed by atoms with E-state index in [1.165, 1.54) is 23.3 Å². The van der Waals surface area contributed by atoms with E-state index < -0.39 is 27.3 Å². The first kappa shape index (κ1) is 23.8. The minimum Gasteiger partial charge on any atom is -0.487 e. The molecule has 3 aromatic rings. The highest BCUT2D eigenvalue weighted by Gasteiger charge is 2.41. The van der Waals surface area contributed by atoms with E-state index >= 15 is 0 Å². The Labute approximate surface area is 207 Å². The second-order valence-corrected chi connectivity index (χ2v) is 11.9. The fourth-order valence-electron chi connectivity index (χ4n) is 4.33. The lowest BCUT2D eigenvalue weighted by Crippen LogP contribution is -2.47. The van der Waals surface area contributed by atoms with Gasteiger partial charge in [-0.25, -0.2) is 18.2 Å². The van der Waals surface area contributed by atoms with Gasteiger partial charge in [-0.2, -0.15) is 0 Å². The number of hydrogen-bond donors (Lipinski definition) is 2. The van der Waals surface area contributed by atoms with Gasteiger partial charge in [0, 0.05) is 24.1 Å². The first-order valence-electron chi connectivity index (χ1n) is 11.5. The second kappa shape index (κ2) is 9.60. The molecule has 0 bridgehead atoms. The standard InChI is InChI=1S/C25H26N2O6S2/c1-15-14-34-25(26-15)35(30,31)23(21-9-10-32-21)27-20-11-18-3-2-4-19(18)12-22(20)33-13-16-5-7-17(8-6-16)24(28)29/h5-8,11-12,14,21,23,27H,2-4,9-10,13H2,1H3,(H,28,29). The maximum Gasteiger partial charge on any atom is 0.335 e. The summed E-state index contributed by atoms with van der Waals surface area (Å²) >= 11 is 1.11. The molecule has 2 unspecified atom stereocenters. The van der Waals surface area contributed by atoms with E-state index in [2.05, 4.69) is 10.3 Å². The van der Waals surface area contributed by atoms with Crippen LogP contribution in [0.15, 0.2) is 46.1 Å². The Kier molecular flexibility index (Phi) is 6.52. The van der Waals surface area contributed by atoms with Gasteiger partial charge in [0.15, 0.2) is 5.37 Å². The molecule has 184 valence electrons. The summed E-state index contributed by atoms with van der Waals surface area (Å²) in [5, 5.41) is 13.1. The van der Waals surface area contributed by atoms with Crippen molar-refractivity contribution in [2.24, 2.45) is 0 Å². The van der Waals surface area contributed by atoms with Gasteiger partial charge < -0.3 is 19.9 Å². The van der Waals surface area contributed by atoms with Gasteiger partial charge in [-0.05, 0) is 67.1 Å². The third-order valence-electron chi connectivity index (χ3n) is 6.33. The van der Waals surface area contributed by atoms with Crippen LogP contribution in [0.5, 0.6) is 5.75 Å². The monoisotopic (exact) mass is 514 g/mol. The number of aromatic carboxylic acids is 1. The maximum atomic E-state index is 13.5. The van der Waals surface area contributed by atoms with Crippen molar-refractivity contribution >= 4 is 32.8 Å². The van der Waals surface area contributed by atoms with E-state index in [1.54, 1.807) is 24.4 Å². The molecule has 2 heterocycles. The molecule has 5 rings (SSSR count). The third kappa shape index (κ3) is 4.91. The average Bonchev–Trinajstić information content (AvgIpc) is 3.44. The van der Waals surface area contributed by atoms with E-state index in [1.807, 2.05) is 12.1 Å². The Morgan fingerprint density at radius 2 is 1.97 bits per heavy atom. The van der Waals surface area contributed by atoms with Crippen molar-refractivity contribution in [1.29, 1.82) is 0 Å². The summed E-state index contributed by atoms with van der Waals surface area (Å²) in [5.41, 5.74) is 4.66. The van der Waals surface area contributed by atoms with Crippen LogP contribution in [0.3, 0.4) is 0 Å². The number of hydrogen-bond acceptors (Lipinski definition) is 8. The Morgan fingerprint density at radius 1 is 1.26 bits per heavy atom. The molecule has 0 amide bonds.